The molecule has 14 heavy (non-hydrogen) atoms. The van der Waals surface area contributed by atoms with Gasteiger partial charge < -0.3 is 5.73 Å². The van der Waals surface area contributed by atoms with Gasteiger partial charge in [-0.15, -0.1) is 0 Å². The molecule has 0 aromatic rings. The highest BCUT2D eigenvalue weighted by Crippen LogP contribution is 2.44. The monoisotopic (exact) mass is 195 g/mol. The van der Waals surface area contributed by atoms with Crippen molar-refractivity contribution < 1.29 is 0 Å². The maximum Gasteiger partial charge on any atom is -0.00204 e. The van der Waals surface area contributed by atoms with Gasteiger partial charge in [-0.25, -0.2) is 0 Å². The summed E-state index contributed by atoms with van der Waals surface area (Å²) in [7, 11) is 0. The fourth-order valence-electron chi connectivity index (χ4n) is 3.62. The van der Waals surface area contributed by atoms with Gasteiger partial charge in [0.25, 0.3) is 0 Å². The lowest BCUT2D eigenvalue weighted by atomic mass is 9.69. The maximum absolute atomic E-state index is 6.02. The topological polar surface area (TPSA) is 26.0 Å². The first-order valence-corrected chi connectivity index (χ1v) is 6.55. The Kier molecular flexibility index (Phi) is 3.48. The third-order valence-electron chi connectivity index (χ3n) is 4.54. The fraction of sp³-hybridized carbons (Fsp3) is 1.00. The lowest BCUT2D eigenvalue weighted by molar-refractivity contribution is 0.151. The van der Waals surface area contributed by atoms with Crippen LogP contribution in [0.4, 0.5) is 0 Å². The third kappa shape index (κ3) is 2.31. The van der Waals surface area contributed by atoms with Crippen molar-refractivity contribution in [1.82, 2.24) is 0 Å². The van der Waals surface area contributed by atoms with Gasteiger partial charge in [-0.05, 0) is 37.1 Å². The van der Waals surface area contributed by atoms with Crippen LogP contribution in [-0.4, -0.2) is 6.54 Å². The molecule has 2 saturated carbocycles. The highest BCUT2D eigenvalue weighted by atomic mass is 14.6. The molecule has 0 heterocycles. The summed E-state index contributed by atoms with van der Waals surface area (Å²) < 4.78 is 0. The van der Waals surface area contributed by atoms with Crippen LogP contribution in [0.3, 0.4) is 0 Å². The second-order valence-corrected chi connectivity index (χ2v) is 5.62. The van der Waals surface area contributed by atoms with E-state index in [2.05, 4.69) is 0 Å². The molecule has 1 heteroatoms. The molecule has 0 unspecified atom stereocenters. The van der Waals surface area contributed by atoms with E-state index in [1.807, 2.05) is 0 Å². The van der Waals surface area contributed by atoms with Crippen molar-refractivity contribution in [3.05, 3.63) is 0 Å². The van der Waals surface area contributed by atoms with Gasteiger partial charge in [0, 0.05) is 0 Å². The zero-order valence-electron chi connectivity index (χ0n) is 9.43. The molecule has 0 atom stereocenters. The van der Waals surface area contributed by atoms with E-state index in [4.69, 9.17) is 5.73 Å². The average molecular weight is 195 g/mol. The van der Waals surface area contributed by atoms with Crippen LogP contribution < -0.4 is 5.73 Å². The summed E-state index contributed by atoms with van der Waals surface area (Å²) in [5, 5.41) is 0. The molecule has 82 valence electrons. The van der Waals surface area contributed by atoms with Crippen LogP contribution in [-0.2, 0) is 0 Å². The average Bonchev–Trinajstić information content (AvgIpc) is 2.72. The Morgan fingerprint density at radius 2 is 1.57 bits per heavy atom. The molecule has 0 aliphatic heterocycles. The van der Waals surface area contributed by atoms with Crippen LogP contribution in [0, 0.1) is 11.3 Å². The molecule has 0 bridgehead atoms. The smallest absolute Gasteiger partial charge is 0.00204 e. The Bertz CT molecular complexity index is 164. The first kappa shape index (κ1) is 10.5. The molecular formula is C13H25N. The molecule has 2 rings (SSSR count). The molecular weight excluding hydrogens is 170 g/mol. The van der Waals surface area contributed by atoms with E-state index >= 15 is 0 Å². The lowest BCUT2D eigenvalue weighted by Gasteiger charge is -2.38. The van der Waals surface area contributed by atoms with Crippen LogP contribution in [0.5, 0.6) is 0 Å². The second-order valence-electron chi connectivity index (χ2n) is 5.62. The lowest BCUT2D eigenvalue weighted by Crippen LogP contribution is -2.34. The predicted octanol–water partition coefficient (Wildman–Crippen LogP) is 3.48. The first-order chi connectivity index (χ1) is 6.85. The van der Waals surface area contributed by atoms with Crippen molar-refractivity contribution >= 4 is 0 Å². The third-order valence-corrected chi connectivity index (χ3v) is 4.54. The largest absolute Gasteiger partial charge is 0.330 e. The minimum absolute atomic E-state index is 0.563. The highest BCUT2D eigenvalue weighted by Gasteiger charge is 2.33. The van der Waals surface area contributed by atoms with E-state index in [1.165, 1.54) is 64.2 Å². The van der Waals surface area contributed by atoms with Crippen molar-refractivity contribution in [3.63, 3.8) is 0 Å². The van der Waals surface area contributed by atoms with Gasteiger partial charge in [0.15, 0.2) is 0 Å². The molecule has 0 radical (unpaired) electrons. The molecule has 0 amide bonds. The number of hydrogen-bond donors (Lipinski definition) is 1. The molecule has 1 nitrogen and oxygen atoms in total. The quantitative estimate of drug-likeness (QED) is 0.733. The van der Waals surface area contributed by atoms with Crippen LogP contribution in [0.15, 0.2) is 0 Å². The van der Waals surface area contributed by atoms with Crippen LogP contribution >= 0.6 is 0 Å². The first-order valence-electron chi connectivity index (χ1n) is 6.55. The Morgan fingerprint density at radius 3 is 2.14 bits per heavy atom. The number of rotatable bonds is 3. The van der Waals surface area contributed by atoms with Crippen molar-refractivity contribution in [2.45, 2.75) is 64.2 Å². The minimum atomic E-state index is 0.563. The summed E-state index contributed by atoms with van der Waals surface area (Å²) in [4.78, 5) is 0. The maximum atomic E-state index is 6.02. The Balaban J connectivity index is 1.89. The van der Waals surface area contributed by atoms with E-state index in [0.717, 1.165) is 12.5 Å². The van der Waals surface area contributed by atoms with Crippen molar-refractivity contribution in [1.29, 1.82) is 0 Å². The molecule has 0 aromatic heterocycles. The Morgan fingerprint density at radius 1 is 0.929 bits per heavy atom. The van der Waals surface area contributed by atoms with Crippen molar-refractivity contribution in [3.8, 4) is 0 Å². The summed E-state index contributed by atoms with van der Waals surface area (Å²) in [6.45, 7) is 0.948. The molecule has 2 N–H and O–H groups in total. The van der Waals surface area contributed by atoms with E-state index in [9.17, 15) is 0 Å². The summed E-state index contributed by atoms with van der Waals surface area (Å²) in [5.41, 5.74) is 6.58. The molecule has 0 aromatic carbocycles. The van der Waals surface area contributed by atoms with Gasteiger partial charge in [0.1, 0.15) is 0 Å². The van der Waals surface area contributed by atoms with Gasteiger partial charge in [-0.3, -0.25) is 0 Å². The Hall–Kier alpha value is -0.0400. The highest BCUT2D eigenvalue weighted by molar-refractivity contribution is 4.87. The Labute approximate surface area is 88.4 Å². The van der Waals surface area contributed by atoms with Gasteiger partial charge in [-0.2, -0.15) is 0 Å². The van der Waals surface area contributed by atoms with Crippen molar-refractivity contribution in [2.24, 2.45) is 17.1 Å². The summed E-state index contributed by atoms with van der Waals surface area (Å²) in [6.07, 6.45) is 14.5. The molecule has 0 saturated heterocycles. The summed E-state index contributed by atoms with van der Waals surface area (Å²) in [5.74, 6) is 1.02. The number of hydrogen-bond acceptors (Lipinski definition) is 1. The number of nitrogens with two attached hydrogens (primary N) is 1. The normalized spacial score (nSPS) is 28.1. The van der Waals surface area contributed by atoms with Gasteiger partial charge in [0.2, 0.25) is 0 Å². The van der Waals surface area contributed by atoms with Gasteiger partial charge in [0.05, 0.1) is 0 Å². The summed E-state index contributed by atoms with van der Waals surface area (Å²) in [6, 6.07) is 0. The SMILES string of the molecule is NCC1(CC2CCCC2)CCCCC1. The standard InChI is InChI=1S/C13H25N/c14-11-13(8-4-1-5-9-13)10-12-6-2-3-7-12/h12H,1-11,14H2. The zero-order valence-corrected chi connectivity index (χ0v) is 9.43. The van der Waals surface area contributed by atoms with Crippen LogP contribution in [0.1, 0.15) is 64.2 Å². The molecule has 2 fully saturated rings. The van der Waals surface area contributed by atoms with Gasteiger partial charge in [-0.1, -0.05) is 44.9 Å². The molecule has 2 aliphatic carbocycles. The molecule has 0 spiro atoms. The van der Waals surface area contributed by atoms with E-state index in [-0.39, 0.29) is 0 Å². The van der Waals surface area contributed by atoms with E-state index in [1.54, 1.807) is 0 Å². The summed E-state index contributed by atoms with van der Waals surface area (Å²) >= 11 is 0. The van der Waals surface area contributed by atoms with Crippen molar-refractivity contribution in [2.75, 3.05) is 6.54 Å². The second kappa shape index (κ2) is 4.65. The molecule has 2 aliphatic rings. The van der Waals surface area contributed by atoms with Gasteiger partial charge >= 0.3 is 0 Å². The van der Waals surface area contributed by atoms with E-state index in [0.29, 0.717) is 5.41 Å². The minimum Gasteiger partial charge on any atom is -0.330 e. The van der Waals surface area contributed by atoms with E-state index < -0.39 is 0 Å². The zero-order chi connectivity index (χ0) is 9.86. The van der Waals surface area contributed by atoms with Crippen LogP contribution in [0.25, 0.3) is 0 Å². The fourth-order valence-corrected chi connectivity index (χ4v) is 3.62. The predicted molar refractivity (Wildman–Crippen MR) is 61.1 cm³/mol. The van der Waals surface area contributed by atoms with Crippen LogP contribution in [0.2, 0.25) is 0 Å².